The predicted molar refractivity (Wildman–Crippen MR) is 92.4 cm³/mol. The van der Waals surface area contributed by atoms with Crippen molar-refractivity contribution in [3.8, 4) is 0 Å². The molecular weight excluding hydrogens is 378 g/mol. The lowest BCUT2D eigenvalue weighted by atomic mass is 10.2. The number of nitrogens with one attached hydrogen (secondary N) is 1. The molecule has 1 amide bonds. The molecule has 0 saturated heterocycles. The van der Waals surface area contributed by atoms with Crippen molar-refractivity contribution in [2.45, 2.75) is 12.6 Å². The number of rotatable bonds is 5. The maximum absolute atomic E-state index is 12.1. The summed E-state index contributed by atoms with van der Waals surface area (Å²) in [5.41, 5.74) is 0.612. The molecule has 1 atom stereocenters. The van der Waals surface area contributed by atoms with Crippen LogP contribution in [0.25, 0.3) is 0 Å². The lowest BCUT2D eigenvalue weighted by molar-refractivity contribution is 0.0951. The average Bonchev–Trinajstić information content (AvgIpc) is 3.24. The predicted octanol–water partition coefficient (Wildman–Crippen LogP) is 4.12. The first-order valence-corrected chi connectivity index (χ1v) is 8.58. The van der Waals surface area contributed by atoms with E-state index in [-0.39, 0.29) is 5.91 Å². The van der Waals surface area contributed by atoms with E-state index in [4.69, 9.17) is 4.42 Å². The maximum Gasteiger partial charge on any atom is 0.251 e. The molecular formula is C17H14BrNO3S. The van der Waals surface area contributed by atoms with Crippen molar-refractivity contribution < 1.29 is 14.3 Å². The van der Waals surface area contributed by atoms with Crippen LogP contribution in [0.5, 0.6) is 0 Å². The Labute approximate surface area is 145 Å². The molecule has 3 rings (SSSR count). The molecule has 0 radical (unpaired) electrons. The molecule has 3 aromatic rings. The molecule has 23 heavy (non-hydrogen) atoms. The number of furan rings is 1. The van der Waals surface area contributed by atoms with E-state index in [1.807, 2.05) is 24.3 Å². The third kappa shape index (κ3) is 3.90. The lowest BCUT2D eigenvalue weighted by Gasteiger charge is -2.05. The number of aliphatic hydroxyl groups is 1. The van der Waals surface area contributed by atoms with Crippen molar-refractivity contribution in [2.75, 3.05) is 0 Å². The Bertz CT molecular complexity index is 781. The minimum atomic E-state index is -0.772. The highest BCUT2D eigenvalue weighted by Gasteiger charge is 2.15. The molecule has 0 saturated carbocycles. The Hall–Kier alpha value is -1.89. The molecule has 118 valence electrons. The summed E-state index contributed by atoms with van der Waals surface area (Å²) in [6.45, 7) is 0.421. The Kier molecular flexibility index (Phi) is 4.95. The van der Waals surface area contributed by atoms with Gasteiger partial charge in [0.25, 0.3) is 5.91 Å². The summed E-state index contributed by atoms with van der Waals surface area (Å²) in [4.78, 5) is 13.8. The topological polar surface area (TPSA) is 62.5 Å². The van der Waals surface area contributed by atoms with Crippen molar-refractivity contribution in [1.82, 2.24) is 5.32 Å². The smallest absolute Gasteiger partial charge is 0.251 e. The molecule has 0 aliphatic carbocycles. The van der Waals surface area contributed by atoms with E-state index in [1.165, 1.54) is 17.6 Å². The van der Waals surface area contributed by atoms with Crippen LogP contribution in [-0.2, 0) is 6.54 Å². The molecule has 2 N–H and O–H groups in total. The van der Waals surface area contributed by atoms with Gasteiger partial charge in [-0.3, -0.25) is 4.79 Å². The van der Waals surface area contributed by atoms with Gasteiger partial charge in [-0.1, -0.05) is 15.9 Å². The molecule has 2 heterocycles. The Morgan fingerprint density at radius 3 is 2.70 bits per heavy atom. The quantitative estimate of drug-likeness (QED) is 0.687. The molecule has 0 aliphatic rings. The zero-order valence-electron chi connectivity index (χ0n) is 12.0. The molecule has 0 bridgehead atoms. The largest absolute Gasteiger partial charge is 0.466 e. The first-order valence-electron chi connectivity index (χ1n) is 6.97. The fourth-order valence-electron chi connectivity index (χ4n) is 2.09. The van der Waals surface area contributed by atoms with Gasteiger partial charge in [0.15, 0.2) is 0 Å². The summed E-state index contributed by atoms with van der Waals surface area (Å²) >= 11 is 4.79. The van der Waals surface area contributed by atoms with Crippen LogP contribution in [-0.4, -0.2) is 11.0 Å². The number of hydrogen-bond donors (Lipinski definition) is 2. The fourth-order valence-corrected chi connectivity index (χ4v) is 3.31. The standard InChI is InChI=1S/C17H14BrNO3S/c18-12-5-3-11(4-6-12)17(21)19-10-13-7-8-15(23-13)16(20)14-2-1-9-22-14/h1-9,16,20H,10H2,(H,19,21). The summed E-state index contributed by atoms with van der Waals surface area (Å²) in [5.74, 6) is 0.385. The molecule has 0 aliphatic heterocycles. The highest BCUT2D eigenvalue weighted by atomic mass is 79.9. The van der Waals surface area contributed by atoms with Gasteiger partial charge in [0.05, 0.1) is 12.8 Å². The van der Waals surface area contributed by atoms with E-state index < -0.39 is 6.10 Å². The first-order chi connectivity index (χ1) is 11.1. The van der Waals surface area contributed by atoms with Crippen LogP contribution in [0.2, 0.25) is 0 Å². The van der Waals surface area contributed by atoms with Gasteiger partial charge in [0.2, 0.25) is 0 Å². The molecule has 2 aromatic heterocycles. The van der Waals surface area contributed by atoms with Crippen molar-refractivity contribution in [3.05, 3.63) is 80.3 Å². The van der Waals surface area contributed by atoms with Crippen LogP contribution in [0.4, 0.5) is 0 Å². The van der Waals surface area contributed by atoms with Crippen LogP contribution in [0.3, 0.4) is 0 Å². The van der Waals surface area contributed by atoms with Gasteiger partial charge in [-0.2, -0.15) is 0 Å². The summed E-state index contributed by atoms with van der Waals surface area (Å²) in [7, 11) is 0. The van der Waals surface area contributed by atoms with Gasteiger partial charge in [-0.05, 0) is 48.5 Å². The summed E-state index contributed by atoms with van der Waals surface area (Å²) in [6, 6.07) is 14.4. The molecule has 1 unspecified atom stereocenters. The number of amides is 1. The minimum absolute atomic E-state index is 0.126. The number of carbonyl (C=O) groups is 1. The number of halogens is 1. The molecule has 4 nitrogen and oxygen atoms in total. The molecule has 6 heteroatoms. The SMILES string of the molecule is O=C(NCc1ccc(C(O)c2ccco2)s1)c1ccc(Br)cc1. The van der Waals surface area contributed by atoms with Gasteiger partial charge < -0.3 is 14.8 Å². The Balaban J connectivity index is 1.61. The third-order valence-corrected chi connectivity index (χ3v) is 4.96. The first kappa shape index (κ1) is 16.0. The van der Waals surface area contributed by atoms with Crippen molar-refractivity contribution in [1.29, 1.82) is 0 Å². The summed E-state index contributed by atoms with van der Waals surface area (Å²) in [6.07, 6.45) is 0.761. The van der Waals surface area contributed by atoms with Crippen LogP contribution < -0.4 is 5.32 Å². The van der Waals surface area contributed by atoms with Crippen LogP contribution >= 0.6 is 27.3 Å². The van der Waals surface area contributed by atoms with Gasteiger partial charge in [0, 0.05) is 19.8 Å². The summed E-state index contributed by atoms with van der Waals surface area (Å²) < 4.78 is 6.14. The second kappa shape index (κ2) is 7.12. The number of carbonyl (C=O) groups excluding carboxylic acids is 1. The zero-order valence-corrected chi connectivity index (χ0v) is 14.4. The maximum atomic E-state index is 12.1. The monoisotopic (exact) mass is 391 g/mol. The van der Waals surface area contributed by atoms with Crippen molar-refractivity contribution in [2.24, 2.45) is 0 Å². The normalized spacial score (nSPS) is 12.1. The highest BCUT2D eigenvalue weighted by molar-refractivity contribution is 9.10. The number of aliphatic hydroxyl groups excluding tert-OH is 1. The van der Waals surface area contributed by atoms with E-state index in [0.717, 1.165) is 14.2 Å². The van der Waals surface area contributed by atoms with Crippen LogP contribution in [0.15, 0.2) is 63.7 Å². The summed E-state index contributed by atoms with van der Waals surface area (Å²) in [5, 5.41) is 13.1. The van der Waals surface area contributed by atoms with E-state index in [0.29, 0.717) is 17.9 Å². The molecule has 0 spiro atoms. The second-order valence-corrected chi connectivity index (χ2v) is 7.03. The number of hydrogen-bond acceptors (Lipinski definition) is 4. The Morgan fingerprint density at radius 1 is 1.22 bits per heavy atom. The number of thiophene rings is 1. The van der Waals surface area contributed by atoms with Gasteiger partial charge in [-0.15, -0.1) is 11.3 Å². The lowest BCUT2D eigenvalue weighted by Crippen LogP contribution is -2.22. The fraction of sp³-hybridized carbons (Fsp3) is 0.118. The van der Waals surface area contributed by atoms with E-state index >= 15 is 0 Å². The van der Waals surface area contributed by atoms with Crippen LogP contribution in [0.1, 0.15) is 32.0 Å². The minimum Gasteiger partial charge on any atom is -0.466 e. The third-order valence-electron chi connectivity index (χ3n) is 3.29. The van der Waals surface area contributed by atoms with Gasteiger partial charge in [0.1, 0.15) is 11.9 Å². The van der Waals surface area contributed by atoms with Crippen LogP contribution in [0, 0.1) is 0 Å². The van der Waals surface area contributed by atoms with E-state index in [9.17, 15) is 9.90 Å². The van der Waals surface area contributed by atoms with Crippen molar-refractivity contribution in [3.63, 3.8) is 0 Å². The molecule has 1 aromatic carbocycles. The van der Waals surface area contributed by atoms with Gasteiger partial charge >= 0.3 is 0 Å². The number of benzene rings is 1. The highest BCUT2D eigenvalue weighted by Crippen LogP contribution is 2.28. The molecule has 0 fully saturated rings. The second-order valence-electron chi connectivity index (χ2n) is 4.91. The van der Waals surface area contributed by atoms with E-state index in [2.05, 4.69) is 21.2 Å². The average molecular weight is 392 g/mol. The van der Waals surface area contributed by atoms with Crippen molar-refractivity contribution >= 4 is 33.2 Å². The zero-order chi connectivity index (χ0) is 16.2. The Morgan fingerprint density at radius 2 is 2.00 bits per heavy atom. The van der Waals surface area contributed by atoms with Gasteiger partial charge in [-0.25, -0.2) is 0 Å². The van der Waals surface area contributed by atoms with E-state index in [1.54, 1.807) is 24.3 Å².